The molecule has 111 heavy (non-hydrogen) atoms. The first-order valence-corrected chi connectivity index (χ1v) is 36.6. The summed E-state index contributed by atoms with van der Waals surface area (Å²) < 4.78 is 126. The summed E-state index contributed by atoms with van der Waals surface area (Å²) >= 11 is 0. The average molecular weight is 1550 g/mol. The lowest BCUT2D eigenvalue weighted by Gasteiger charge is -2.44. The van der Waals surface area contributed by atoms with E-state index < -0.39 is 133 Å². The number of aromatic carboxylic acids is 1. The van der Waals surface area contributed by atoms with Crippen LogP contribution in [0.3, 0.4) is 0 Å². The SMILES string of the molecule is C.COc1c2n(cc(C(=O)O)c1=O)CC1O[C@H]3CC[C@H](C3)N1C2=O.NC1(c2ccc(F)cc2F)CCOCC1.O=C(NC1(c2ccc(F)cc2F)CCOCC1)c1cn2c(c(O)c1=O)C(=O)N1C(C2)O[C@H]2CC[C@@H]1C2.O=C(NC1(c2ccc(F)cc2F)CCOCC1)c1cn2c(c(O)c1=O)C(=O)N1C(C2)O[C@H]2CC[C@@H]1C2. The highest BCUT2D eigenvalue weighted by Gasteiger charge is 2.52. The molecule has 0 spiro atoms. The third kappa shape index (κ3) is 14.2. The van der Waals surface area contributed by atoms with Crippen molar-refractivity contribution in [3.8, 4) is 17.2 Å². The van der Waals surface area contributed by atoms with E-state index in [1.165, 1.54) is 63.7 Å². The van der Waals surface area contributed by atoms with Crippen LogP contribution in [0.25, 0.3) is 0 Å². The van der Waals surface area contributed by atoms with Crippen molar-refractivity contribution in [2.45, 2.75) is 195 Å². The lowest BCUT2D eigenvalue weighted by molar-refractivity contribution is -0.132. The maximum absolute atomic E-state index is 14.8. The second-order valence-electron chi connectivity index (χ2n) is 29.8. The van der Waals surface area contributed by atoms with Crippen LogP contribution in [0.4, 0.5) is 26.3 Å². The fourth-order valence-electron chi connectivity index (χ4n) is 17.9. The van der Waals surface area contributed by atoms with Gasteiger partial charge in [0.1, 0.15) is 51.6 Å². The molecular weight excluding hydrogens is 1470 g/mol. The molecule has 0 radical (unpaired) electrons. The number of rotatable bonds is 9. The molecule has 6 aromatic rings. The standard InChI is InChI=1S/2C25H25F2N3O6.C15H16N2O6.C11H13F2NO.CH4/c2*26-13-1-4-17(18(27)9-13)25(5-7-35-8-6-25)28-23(33)16-11-29-12-19-30(14-2-3-15(10-14)36-19)24(34)20(29)22(32)21(16)31;1-22-13-11-14(19)17-7-2-3-8(4-7)23-10(17)6-16(11)5-9(12(13)18)15(20)21;12-8-1-2-9(10(13)7-8)11(14)3-5-15-6-4-11;/h2*1,4,9,11,14-15,19,32H,2-3,5-8,10,12H2,(H,28,33);5,7-8,10H,2-4,6H2,1H3,(H,20,21);1-2,7H,3-6,14H2;1H4/t2*14-,15+,19?;7-,8+,10?;;/m111../s1. The number of hydrogen-bond acceptors (Lipinski definition) is 19. The number of carbonyl (C=O) groups is 6. The summed E-state index contributed by atoms with van der Waals surface area (Å²) in [6, 6.07) is 9.88. The van der Waals surface area contributed by atoms with Gasteiger partial charge in [0.05, 0.1) is 56.1 Å². The molecule has 3 aromatic heterocycles. The Kier molecular flexibility index (Phi) is 21.4. The summed E-state index contributed by atoms with van der Waals surface area (Å²) in [7, 11) is 1.26. The number of aromatic nitrogens is 3. The van der Waals surface area contributed by atoms with Crippen LogP contribution in [0.2, 0.25) is 0 Å². The Bertz CT molecular complexity index is 4720. The van der Waals surface area contributed by atoms with Crippen molar-refractivity contribution in [2.24, 2.45) is 5.73 Å². The van der Waals surface area contributed by atoms with Gasteiger partial charge in [0, 0.05) is 117 Å². The first-order valence-electron chi connectivity index (χ1n) is 36.6. The zero-order chi connectivity index (χ0) is 77.6. The van der Waals surface area contributed by atoms with Crippen LogP contribution in [-0.4, -0.2) is 181 Å². The molecule has 6 saturated heterocycles. The predicted molar refractivity (Wildman–Crippen MR) is 376 cm³/mol. The quantitative estimate of drug-likeness (QED) is 0.0805. The number of nitrogens with two attached hydrogens (primary N) is 1. The van der Waals surface area contributed by atoms with Gasteiger partial charge in [-0.2, -0.15) is 0 Å². The van der Waals surface area contributed by atoms with E-state index in [0.29, 0.717) is 38.2 Å². The fraction of sp³-hybridized carbons (Fsp3) is 0.494. The van der Waals surface area contributed by atoms with Crippen LogP contribution >= 0.6 is 0 Å². The molecule has 3 saturated carbocycles. The molecule has 7 N–H and O–H groups in total. The van der Waals surface area contributed by atoms with Crippen molar-refractivity contribution < 1.29 is 104 Å². The van der Waals surface area contributed by atoms with E-state index in [9.17, 15) is 84.8 Å². The molecule has 592 valence electrons. The van der Waals surface area contributed by atoms with Crippen LogP contribution in [-0.2, 0) is 64.7 Å². The molecule has 5 amide bonds. The van der Waals surface area contributed by atoms with Crippen LogP contribution in [0.1, 0.15) is 183 Å². The van der Waals surface area contributed by atoms with Gasteiger partial charge in [-0.15, -0.1) is 0 Å². The first-order chi connectivity index (χ1) is 52.7. The van der Waals surface area contributed by atoms with Gasteiger partial charge in [-0.3, -0.25) is 38.4 Å². The first kappa shape index (κ1) is 77.7. The Morgan fingerprint density at radius 3 is 1.16 bits per heavy atom. The molecule has 9 atom stereocenters. The third-order valence-corrected chi connectivity index (χ3v) is 23.4. The Hall–Kier alpha value is -9.97. The molecule has 18 rings (SSSR count). The number of ether oxygens (including phenoxy) is 7. The molecule has 9 aliphatic heterocycles. The maximum atomic E-state index is 14.8. The van der Waals surface area contributed by atoms with E-state index in [0.717, 1.165) is 88.1 Å². The van der Waals surface area contributed by atoms with Crippen molar-refractivity contribution >= 4 is 35.5 Å². The number of aromatic hydroxyl groups is 2. The van der Waals surface area contributed by atoms with Gasteiger partial charge in [-0.1, -0.05) is 25.6 Å². The number of fused-ring (bicyclic) bond motifs is 15. The number of amides is 5. The van der Waals surface area contributed by atoms with Gasteiger partial charge in [0.2, 0.25) is 16.3 Å². The largest absolute Gasteiger partial charge is 0.503 e. The van der Waals surface area contributed by atoms with Crippen LogP contribution < -0.4 is 37.4 Å². The molecule has 12 aliphatic rings. The van der Waals surface area contributed by atoms with Crippen molar-refractivity contribution in [3.63, 3.8) is 0 Å². The number of carboxylic acids is 1. The van der Waals surface area contributed by atoms with Gasteiger partial charge in [-0.25, -0.2) is 31.1 Å². The Balaban J connectivity index is 0.000000129. The number of methoxy groups -OCH3 is 1. The molecule has 34 heteroatoms. The van der Waals surface area contributed by atoms with E-state index in [4.69, 9.17) is 38.9 Å². The van der Waals surface area contributed by atoms with Crippen LogP contribution in [0.15, 0.2) is 87.6 Å². The van der Waals surface area contributed by atoms with E-state index in [-0.39, 0.29) is 160 Å². The predicted octanol–water partition coefficient (Wildman–Crippen LogP) is 6.86. The molecule has 6 bridgehead atoms. The maximum Gasteiger partial charge on any atom is 0.341 e. The summed E-state index contributed by atoms with van der Waals surface area (Å²) in [4.78, 5) is 121. The number of nitrogens with one attached hydrogen (secondary N) is 2. The fourth-order valence-corrected chi connectivity index (χ4v) is 17.9. The molecule has 12 heterocycles. The third-order valence-electron chi connectivity index (χ3n) is 23.4. The normalized spacial score (nSPS) is 25.7. The van der Waals surface area contributed by atoms with Crippen molar-refractivity contribution in [1.29, 1.82) is 0 Å². The Morgan fingerprint density at radius 2 is 0.811 bits per heavy atom. The minimum absolute atomic E-state index is 0. The number of hydrogen-bond donors (Lipinski definition) is 6. The Labute approximate surface area is 629 Å². The lowest BCUT2D eigenvalue weighted by atomic mass is 9.82. The number of halogens is 6. The van der Waals surface area contributed by atoms with Gasteiger partial charge in [0.15, 0.2) is 53.0 Å². The molecule has 3 aromatic carbocycles. The zero-order valence-corrected chi connectivity index (χ0v) is 59.5. The second-order valence-corrected chi connectivity index (χ2v) is 29.8. The zero-order valence-electron chi connectivity index (χ0n) is 59.5. The lowest BCUT2D eigenvalue weighted by Crippen LogP contribution is -2.57. The minimum atomic E-state index is -1.34. The van der Waals surface area contributed by atoms with Crippen LogP contribution in [0.5, 0.6) is 17.2 Å². The molecule has 28 nitrogen and oxygen atoms in total. The number of carboxylic acid groups (broad SMARTS) is 1. The topological polar surface area (TPSA) is 354 Å². The summed E-state index contributed by atoms with van der Waals surface area (Å²) in [6.45, 7) is 2.54. The number of nitrogens with zero attached hydrogens (tertiary/aromatic N) is 6. The summed E-state index contributed by atoms with van der Waals surface area (Å²) in [6.07, 6.45) is 11.7. The smallest absolute Gasteiger partial charge is 0.341 e. The monoisotopic (exact) mass is 1550 g/mol. The van der Waals surface area contributed by atoms with Gasteiger partial charge >= 0.3 is 5.97 Å². The van der Waals surface area contributed by atoms with Gasteiger partial charge in [0.25, 0.3) is 29.5 Å². The van der Waals surface area contributed by atoms with Crippen molar-refractivity contribution in [1.82, 2.24) is 39.0 Å². The summed E-state index contributed by atoms with van der Waals surface area (Å²) in [5.41, 5.74) is -0.744. The van der Waals surface area contributed by atoms with E-state index in [1.807, 2.05) is 0 Å². The number of benzene rings is 3. The molecular formula is C77H83F6N9O19. The van der Waals surface area contributed by atoms with E-state index in [2.05, 4.69) is 10.6 Å². The molecule has 3 unspecified atom stereocenters. The van der Waals surface area contributed by atoms with Crippen LogP contribution in [0, 0.1) is 34.9 Å². The summed E-state index contributed by atoms with van der Waals surface area (Å²) in [5, 5.41) is 36.2. The highest BCUT2D eigenvalue weighted by molar-refractivity contribution is 6.01. The summed E-state index contributed by atoms with van der Waals surface area (Å²) in [5.74, 6) is -10.5. The highest BCUT2D eigenvalue weighted by Crippen LogP contribution is 2.44. The van der Waals surface area contributed by atoms with E-state index >= 15 is 0 Å². The second kappa shape index (κ2) is 30.6. The highest BCUT2D eigenvalue weighted by atomic mass is 19.2. The number of pyridine rings is 3. The van der Waals surface area contributed by atoms with Crippen molar-refractivity contribution in [2.75, 3.05) is 46.8 Å². The Morgan fingerprint density at radius 1 is 0.477 bits per heavy atom. The van der Waals surface area contributed by atoms with Gasteiger partial charge in [-0.05, 0) is 115 Å². The molecule has 9 fully saturated rings. The van der Waals surface area contributed by atoms with E-state index in [1.54, 1.807) is 14.7 Å². The minimum Gasteiger partial charge on any atom is -0.503 e. The van der Waals surface area contributed by atoms with Crippen molar-refractivity contribution in [3.05, 3.63) is 189 Å². The number of carbonyl (C=O) groups excluding carboxylic acids is 5. The van der Waals surface area contributed by atoms with Gasteiger partial charge < -0.3 is 93.2 Å². The molecule has 3 aliphatic carbocycles. The average Bonchev–Trinajstić information content (AvgIpc) is 1.74.